The lowest BCUT2D eigenvalue weighted by Crippen LogP contribution is -2.07. The van der Waals surface area contributed by atoms with Crippen LogP contribution in [0.4, 0.5) is 4.39 Å². The number of rotatable bonds is 4. The molecule has 2 aromatic rings. The molecule has 0 radical (unpaired) electrons. The van der Waals surface area contributed by atoms with Crippen LogP contribution in [0.3, 0.4) is 0 Å². The van der Waals surface area contributed by atoms with Crippen LogP contribution in [-0.2, 0) is 0 Å². The Kier molecular flexibility index (Phi) is 4.48. The summed E-state index contributed by atoms with van der Waals surface area (Å²) in [5.41, 5.74) is 1.21. The molecule has 110 valence electrons. The molecule has 0 aliphatic rings. The van der Waals surface area contributed by atoms with E-state index in [0.717, 1.165) is 0 Å². The van der Waals surface area contributed by atoms with E-state index in [1.165, 1.54) is 26.4 Å². The van der Waals surface area contributed by atoms with E-state index in [1.807, 2.05) is 0 Å². The number of methoxy groups -OCH3 is 2. The Labute approximate surface area is 127 Å². The van der Waals surface area contributed by atoms with Gasteiger partial charge in [-0.2, -0.15) is 0 Å². The highest BCUT2D eigenvalue weighted by Crippen LogP contribution is 2.38. The number of ether oxygens (including phenoxy) is 2. The Morgan fingerprint density at radius 1 is 1.10 bits per heavy atom. The molecule has 0 unspecified atom stereocenters. The molecule has 0 aliphatic carbocycles. The third kappa shape index (κ3) is 2.85. The average Bonchev–Trinajstić information content (AvgIpc) is 2.48. The molecule has 0 aliphatic heterocycles. The molecular formula is C16H14ClFO3. The molecule has 0 fully saturated rings. The first kappa shape index (κ1) is 15.3. The molecule has 2 rings (SSSR count). The highest BCUT2D eigenvalue weighted by molar-refractivity contribution is 6.34. The molecular weight excluding hydrogens is 295 g/mol. The van der Waals surface area contributed by atoms with Gasteiger partial charge in [-0.15, -0.1) is 0 Å². The van der Waals surface area contributed by atoms with Gasteiger partial charge in [0, 0.05) is 5.56 Å². The molecule has 0 saturated heterocycles. The summed E-state index contributed by atoms with van der Waals surface area (Å²) < 4.78 is 23.7. The predicted molar refractivity (Wildman–Crippen MR) is 79.1 cm³/mol. The second-order valence-electron chi connectivity index (χ2n) is 4.45. The summed E-state index contributed by atoms with van der Waals surface area (Å²) in [6, 6.07) is 7.20. The molecule has 3 nitrogen and oxygen atoms in total. The van der Waals surface area contributed by atoms with Gasteiger partial charge in [0.15, 0.2) is 11.5 Å². The van der Waals surface area contributed by atoms with Crippen molar-refractivity contribution in [3.05, 3.63) is 57.9 Å². The molecule has 0 heterocycles. The van der Waals surface area contributed by atoms with Gasteiger partial charge in [0.05, 0.1) is 19.8 Å². The van der Waals surface area contributed by atoms with Gasteiger partial charge in [-0.3, -0.25) is 4.79 Å². The van der Waals surface area contributed by atoms with Crippen LogP contribution in [0.15, 0.2) is 30.3 Å². The van der Waals surface area contributed by atoms with E-state index in [1.54, 1.807) is 25.1 Å². The molecule has 0 amide bonds. The second kappa shape index (κ2) is 6.14. The number of carbonyl (C=O) groups excluding carboxylic acids is 1. The van der Waals surface area contributed by atoms with Crippen molar-refractivity contribution in [2.75, 3.05) is 14.2 Å². The lowest BCUT2D eigenvalue weighted by molar-refractivity contribution is 0.103. The maximum Gasteiger partial charge on any atom is 0.197 e. The molecule has 0 aromatic heterocycles. The van der Waals surface area contributed by atoms with Crippen molar-refractivity contribution in [3.8, 4) is 11.5 Å². The Bertz CT molecular complexity index is 698. The van der Waals surface area contributed by atoms with E-state index in [2.05, 4.69) is 0 Å². The standard InChI is InChI=1S/C16H14ClFO3/c1-9-4-5-10(18)8-12(9)15(19)11-6-7-13(20-2)14(17)16(11)21-3/h4-8H,1-3H3. The monoisotopic (exact) mass is 308 g/mol. The SMILES string of the molecule is COc1ccc(C(=O)c2cc(F)ccc2C)c(OC)c1Cl. The third-order valence-electron chi connectivity index (χ3n) is 3.17. The van der Waals surface area contributed by atoms with Crippen LogP contribution in [0.5, 0.6) is 11.5 Å². The van der Waals surface area contributed by atoms with Gasteiger partial charge < -0.3 is 9.47 Å². The zero-order valence-electron chi connectivity index (χ0n) is 11.9. The minimum absolute atomic E-state index is 0.208. The summed E-state index contributed by atoms with van der Waals surface area (Å²) >= 11 is 6.14. The number of hydrogen-bond acceptors (Lipinski definition) is 3. The van der Waals surface area contributed by atoms with Gasteiger partial charge in [-0.1, -0.05) is 17.7 Å². The number of halogens is 2. The van der Waals surface area contributed by atoms with Crippen LogP contribution in [0.2, 0.25) is 5.02 Å². The van der Waals surface area contributed by atoms with Crippen molar-refractivity contribution in [2.24, 2.45) is 0 Å². The Hall–Kier alpha value is -2.07. The van der Waals surface area contributed by atoms with Gasteiger partial charge in [-0.25, -0.2) is 4.39 Å². The molecule has 0 saturated carbocycles. The molecule has 0 N–H and O–H groups in total. The maximum absolute atomic E-state index is 13.4. The summed E-state index contributed by atoms with van der Waals surface area (Å²) in [7, 11) is 2.88. The summed E-state index contributed by atoms with van der Waals surface area (Å²) in [6.07, 6.45) is 0. The van der Waals surface area contributed by atoms with Gasteiger partial charge in [-0.05, 0) is 36.8 Å². The number of carbonyl (C=O) groups is 1. The number of hydrogen-bond donors (Lipinski definition) is 0. The van der Waals surface area contributed by atoms with E-state index < -0.39 is 5.82 Å². The Morgan fingerprint density at radius 3 is 2.43 bits per heavy atom. The average molecular weight is 309 g/mol. The predicted octanol–water partition coefficient (Wildman–Crippen LogP) is 4.04. The van der Waals surface area contributed by atoms with Gasteiger partial charge >= 0.3 is 0 Å². The van der Waals surface area contributed by atoms with Crippen molar-refractivity contribution < 1.29 is 18.7 Å². The fourth-order valence-electron chi connectivity index (χ4n) is 2.06. The smallest absolute Gasteiger partial charge is 0.197 e. The second-order valence-corrected chi connectivity index (χ2v) is 4.83. The lowest BCUT2D eigenvalue weighted by Gasteiger charge is -2.13. The molecule has 0 atom stereocenters. The highest BCUT2D eigenvalue weighted by atomic mass is 35.5. The number of benzene rings is 2. The molecule has 2 aromatic carbocycles. The minimum atomic E-state index is -0.470. The fraction of sp³-hybridized carbons (Fsp3) is 0.188. The van der Waals surface area contributed by atoms with Crippen LogP contribution in [-0.4, -0.2) is 20.0 Å². The molecule has 5 heteroatoms. The molecule has 21 heavy (non-hydrogen) atoms. The van der Waals surface area contributed by atoms with Gasteiger partial charge in [0.1, 0.15) is 16.6 Å². The van der Waals surface area contributed by atoms with Crippen LogP contribution < -0.4 is 9.47 Å². The van der Waals surface area contributed by atoms with E-state index in [0.29, 0.717) is 11.3 Å². The van der Waals surface area contributed by atoms with Crippen LogP contribution in [0, 0.1) is 12.7 Å². The van der Waals surface area contributed by atoms with Crippen molar-refractivity contribution in [1.29, 1.82) is 0 Å². The summed E-state index contributed by atoms with van der Waals surface area (Å²) in [4.78, 5) is 12.6. The third-order valence-corrected chi connectivity index (χ3v) is 3.53. The fourth-order valence-corrected chi connectivity index (χ4v) is 2.38. The van der Waals surface area contributed by atoms with Gasteiger partial charge in [0.2, 0.25) is 0 Å². The van der Waals surface area contributed by atoms with Crippen LogP contribution in [0.1, 0.15) is 21.5 Å². The van der Waals surface area contributed by atoms with Crippen molar-refractivity contribution in [2.45, 2.75) is 6.92 Å². The lowest BCUT2D eigenvalue weighted by atomic mass is 9.98. The summed E-state index contributed by atoms with van der Waals surface area (Å²) in [5.74, 6) is -0.207. The summed E-state index contributed by atoms with van der Waals surface area (Å²) in [5, 5.41) is 0.208. The first-order valence-electron chi connectivity index (χ1n) is 6.21. The first-order chi connectivity index (χ1) is 9.99. The van der Waals surface area contributed by atoms with Crippen LogP contribution >= 0.6 is 11.6 Å². The quantitative estimate of drug-likeness (QED) is 0.800. The van der Waals surface area contributed by atoms with Crippen molar-refractivity contribution >= 4 is 17.4 Å². The normalized spacial score (nSPS) is 10.3. The zero-order valence-corrected chi connectivity index (χ0v) is 12.6. The number of ketones is 1. The largest absolute Gasteiger partial charge is 0.495 e. The Balaban J connectivity index is 2.58. The van der Waals surface area contributed by atoms with E-state index in [4.69, 9.17) is 21.1 Å². The topological polar surface area (TPSA) is 35.5 Å². The van der Waals surface area contributed by atoms with Gasteiger partial charge in [0.25, 0.3) is 0 Å². The van der Waals surface area contributed by atoms with Crippen molar-refractivity contribution in [3.63, 3.8) is 0 Å². The first-order valence-corrected chi connectivity index (χ1v) is 6.58. The minimum Gasteiger partial charge on any atom is -0.495 e. The van der Waals surface area contributed by atoms with Crippen molar-refractivity contribution in [1.82, 2.24) is 0 Å². The highest BCUT2D eigenvalue weighted by Gasteiger charge is 2.21. The van der Waals surface area contributed by atoms with Crippen LogP contribution in [0.25, 0.3) is 0 Å². The zero-order chi connectivity index (χ0) is 15.6. The molecule has 0 spiro atoms. The van der Waals surface area contributed by atoms with E-state index in [-0.39, 0.29) is 27.7 Å². The van der Waals surface area contributed by atoms with E-state index >= 15 is 0 Å². The molecule has 0 bridgehead atoms. The Morgan fingerprint density at radius 2 is 1.81 bits per heavy atom. The number of aryl methyl sites for hydroxylation is 1. The van der Waals surface area contributed by atoms with E-state index in [9.17, 15) is 9.18 Å². The maximum atomic E-state index is 13.4. The summed E-state index contributed by atoms with van der Waals surface area (Å²) in [6.45, 7) is 1.74.